The van der Waals surface area contributed by atoms with Gasteiger partial charge >= 0.3 is 0 Å². The molecule has 0 radical (unpaired) electrons. The van der Waals surface area contributed by atoms with E-state index in [1.54, 1.807) is 6.07 Å². The van der Waals surface area contributed by atoms with Gasteiger partial charge in [-0.25, -0.2) is 4.39 Å². The Balaban J connectivity index is 1.93. The molecule has 1 heterocycles. The molecule has 0 bridgehead atoms. The van der Waals surface area contributed by atoms with Gasteiger partial charge in [0.25, 0.3) is 0 Å². The number of benzene rings is 2. The third kappa shape index (κ3) is 1.91. The lowest BCUT2D eigenvalue weighted by molar-refractivity contribution is 0.602. The van der Waals surface area contributed by atoms with Crippen molar-refractivity contribution in [2.75, 3.05) is 5.32 Å². The number of para-hydroxylation sites is 1. The Morgan fingerprint density at radius 2 is 1.82 bits per heavy atom. The van der Waals surface area contributed by atoms with Gasteiger partial charge in [-0.3, -0.25) is 0 Å². The summed E-state index contributed by atoms with van der Waals surface area (Å²) in [5.41, 5.74) is 2.98. The van der Waals surface area contributed by atoms with Crippen LogP contribution in [0, 0.1) is 5.82 Å². The highest BCUT2D eigenvalue weighted by Gasteiger charge is 2.20. The monoisotopic (exact) mass is 227 g/mol. The molecule has 3 rings (SSSR count). The van der Waals surface area contributed by atoms with Gasteiger partial charge in [-0.05, 0) is 30.0 Å². The molecular formula is C15H14FN. The van der Waals surface area contributed by atoms with E-state index in [0.717, 1.165) is 18.4 Å². The summed E-state index contributed by atoms with van der Waals surface area (Å²) in [5.74, 6) is -0.150. The largest absolute Gasteiger partial charge is 0.376 e. The van der Waals surface area contributed by atoms with Crippen LogP contribution in [0.1, 0.15) is 23.6 Å². The smallest absolute Gasteiger partial charge is 0.146 e. The van der Waals surface area contributed by atoms with Crippen molar-refractivity contribution in [2.45, 2.75) is 18.9 Å². The third-order valence-corrected chi connectivity index (χ3v) is 3.32. The molecule has 2 aromatic rings. The van der Waals surface area contributed by atoms with Gasteiger partial charge in [-0.1, -0.05) is 42.5 Å². The number of hydrogen-bond donors (Lipinski definition) is 1. The van der Waals surface area contributed by atoms with E-state index >= 15 is 0 Å². The molecule has 0 saturated carbocycles. The van der Waals surface area contributed by atoms with E-state index in [-0.39, 0.29) is 11.9 Å². The molecule has 0 saturated heterocycles. The lowest BCUT2D eigenvalue weighted by Gasteiger charge is -2.27. The Hall–Kier alpha value is -1.83. The molecule has 2 heteroatoms. The van der Waals surface area contributed by atoms with Crippen molar-refractivity contribution < 1.29 is 4.39 Å². The maximum Gasteiger partial charge on any atom is 0.146 e. The summed E-state index contributed by atoms with van der Waals surface area (Å²) < 4.78 is 13.7. The van der Waals surface area contributed by atoms with E-state index in [0.29, 0.717) is 5.69 Å². The van der Waals surface area contributed by atoms with Crippen molar-refractivity contribution in [3.8, 4) is 0 Å². The zero-order valence-corrected chi connectivity index (χ0v) is 9.49. The van der Waals surface area contributed by atoms with Crippen LogP contribution in [0.15, 0.2) is 48.5 Å². The molecule has 0 amide bonds. The molecule has 1 N–H and O–H groups in total. The first kappa shape index (κ1) is 10.3. The Kier molecular flexibility index (Phi) is 2.56. The van der Waals surface area contributed by atoms with Crippen LogP contribution in [-0.4, -0.2) is 0 Å². The predicted molar refractivity (Wildman–Crippen MR) is 67.5 cm³/mol. The maximum absolute atomic E-state index is 13.7. The summed E-state index contributed by atoms with van der Waals surface area (Å²) in [6.45, 7) is 0. The van der Waals surface area contributed by atoms with Gasteiger partial charge in [0.2, 0.25) is 0 Å². The summed E-state index contributed by atoms with van der Waals surface area (Å²) >= 11 is 0. The van der Waals surface area contributed by atoms with Crippen LogP contribution in [-0.2, 0) is 6.42 Å². The fourth-order valence-corrected chi connectivity index (χ4v) is 2.42. The zero-order chi connectivity index (χ0) is 11.7. The Bertz CT molecular complexity index is 522. The maximum atomic E-state index is 13.7. The fraction of sp³-hybridized carbons (Fsp3) is 0.200. The van der Waals surface area contributed by atoms with E-state index in [1.165, 1.54) is 11.6 Å². The highest BCUT2D eigenvalue weighted by atomic mass is 19.1. The van der Waals surface area contributed by atoms with E-state index in [2.05, 4.69) is 17.4 Å². The van der Waals surface area contributed by atoms with E-state index in [4.69, 9.17) is 0 Å². The summed E-state index contributed by atoms with van der Waals surface area (Å²) in [5, 5.41) is 3.31. The Labute approximate surface area is 100 Å². The quantitative estimate of drug-likeness (QED) is 0.778. The molecule has 1 atom stereocenters. The third-order valence-electron chi connectivity index (χ3n) is 3.32. The number of anilines is 1. The van der Waals surface area contributed by atoms with Gasteiger partial charge < -0.3 is 5.32 Å². The van der Waals surface area contributed by atoms with E-state index < -0.39 is 0 Å². The van der Waals surface area contributed by atoms with Crippen molar-refractivity contribution >= 4 is 5.69 Å². The second-order valence-corrected chi connectivity index (χ2v) is 4.42. The number of rotatable bonds is 1. The molecule has 86 valence electrons. The molecular weight excluding hydrogens is 213 g/mol. The molecule has 0 aromatic heterocycles. The second kappa shape index (κ2) is 4.21. The van der Waals surface area contributed by atoms with Crippen molar-refractivity contribution in [3.05, 3.63) is 65.5 Å². The fourth-order valence-electron chi connectivity index (χ4n) is 2.42. The van der Waals surface area contributed by atoms with Crippen LogP contribution in [0.5, 0.6) is 0 Å². The van der Waals surface area contributed by atoms with Gasteiger partial charge in [0.15, 0.2) is 0 Å². The van der Waals surface area contributed by atoms with E-state index in [9.17, 15) is 4.39 Å². The van der Waals surface area contributed by atoms with Gasteiger partial charge in [-0.2, -0.15) is 0 Å². The Morgan fingerprint density at radius 1 is 1.00 bits per heavy atom. The van der Waals surface area contributed by atoms with Crippen LogP contribution >= 0.6 is 0 Å². The molecule has 0 aliphatic carbocycles. The van der Waals surface area contributed by atoms with Crippen molar-refractivity contribution in [1.82, 2.24) is 0 Å². The number of nitrogens with one attached hydrogen (secondary N) is 1. The number of fused-ring (bicyclic) bond motifs is 1. The average Bonchev–Trinajstić information content (AvgIpc) is 2.40. The number of halogens is 1. The normalized spacial score (nSPS) is 18.3. The van der Waals surface area contributed by atoms with Gasteiger partial charge in [0.05, 0.1) is 11.7 Å². The van der Waals surface area contributed by atoms with Crippen molar-refractivity contribution in [3.63, 3.8) is 0 Å². The molecule has 1 unspecified atom stereocenters. The lowest BCUT2D eigenvalue weighted by Crippen LogP contribution is -2.19. The summed E-state index contributed by atoms with van der Waals surface area (Å²) in [6.07, 6.45) is 1.94. The van der Waals surface area contributed by atoms with E-state index in [1.807, 2.05) is 24.3 Å². The summed E-state index contributed by atoms with van der Waals surface area (Å²) in [6, 6.07) is 15.7. The number of aryl methyl sites for hydroxylation is 1. The minimum Gasteiger partial charge on any atom is -0.376 e. The molecule has 17 heavy (non-hydrogen) atoms. The average molecular weight is 227 g/mol. The van der Waals surface area contributed by atoms with Gasteiger partial charge in [-0.15, -0.1) is 0 Å². The topological polar surface area (TPSA) is 12.0 Å². The first-order valence-electron chi connectivity index (χ1n) is 5.93. The first-order chi connectivity index (χ1) is 8.34. The minimum absolute atomic E-state index is 0.150. The summed E-state index contributed by atoms with van der Waals surface area (Å²) in [7, 11) is 0. The second-order valence-electron chi connectivity index (χ2n) is 4.42. The number of hydrogen-bond acceptors (Lipinski definition) is 1. The van der Waals surface area contributed by atoms with Crippen LogP contribution < -0.4 is 5.32 Å². The van der Waals surface area contributed by atoms with Gasteiger partial charge in [0.1, 0.15) is 5.82 Å². The van der Waals surface area contributed by atoms with Crippen molar-refractivity contribution in [2.24, 2.45) is 0 Å². The van der Waals surface area contributed by atoms with Crippen LogP contribution in [0.4, 0.5) is 10.1 Å². The predicted octanol–water partition coefficient (Wildman–Crippen LogP) is 3.93. The zero-order valence-electron chi connectivity index (χ0n) is 9.49. The van der Waals surface area contributed by atoms with Gasteiger partial charge in [0, 0.05) is 0 Å². The van der Waals surface area contributed by atoms with Crippen LogP contribution in [0.3, 0.4) is 0 Å². The molecule has 2 aromatic carbocycles. The first-order valence-corrected chi connectivity index (χ1v) is 5.93. The summed E-state index contributed by atoms with van der Waals surface area (Å²) in [4.78, 5) is 0. The van der Waals surface area contributed by atoms with Crippen LogP contribution in [0.2, 0.25) is 0 Å². The highest BCUT2D eigenvalue weighted by Crippen LogP contribution is 2.33. The standard InChI is InChI=1S/C15H14FN/c16-13-8-4-7-12-9-10-14(17-15(12)13)11-5-2-1-3-6-11/h1-8,14,17H,9-10H2. The molecule has 1 aliphatic heterocycles. The Morgan fingerprint density at radius 3 is 2.65 bits per heavy atom. The molecule has 1 nitrogen and oxygen atoms in total. The SMILES string of the molecule is Fc1cccc2c1NC(c1ccccc1)CC2. The molecule has 0 fully saturated rings. The van der Waals surface area contributed by atoms with Crippen LogP contribution in [0.25, 0.3) is 0 Å². The highest BCUT2D eigenvalue weighted by molar-refractivity contribution is 5.56. The van der Waals surface area contributed by atoms with Crippen molar-refractivity contribution in [1.29, 1.82) is 0 Å². The minimum atomic E-state index is -0.150. The molecule has 1 aliphatic rings. The lowest BCUT2D eigenvalue weighted by atomic mass is 9.93. The molecule has 0 spiro atoms.